The molecule has 1 aromatic heterocycles. The molecule has 0 fully saturated rings. The average molecular weight is 266 g/mol. The zero-order valence-corrected chi connectivity index (χ0v) is 10.7. The summed E-state index contributed by atoms with van der Waals surface area (Å²) in [5.74, 6) is -0.736. The Labute approximate surface area is 96.4 Å². The normalized spacial score (nSPS) is 13.4. The summed E-state index contributed by atoms with van der Waals surface area (Å²) >= 11 is 1.03. The van der Waals surface area contributed by atoms with E-state index in [-0.39, 0.29) is 5.69 Å². The van der Waals surface area contributed by atoms with Crippen LogP contribution in [0.2, 0.25) is 0 Å². The largest absolute Gasteiger partial charge is 0.468 e. The summed E-state index contributed by atoms with van der Waals surface area (Å²) in [6.07, 6.45) is 0. The van der Waals surface area contributed by atoms with Gasteiger partial charge in [-0.25, -0.2) is 0 Å². The van der Waals surface area contributed by atoms with E-state index in [2.05, 4.69) is 14.3 Å². The summed E-state index contributed by atoms with van der Waals surface area (Å²) in [5, 5.41) is 5.18. The lowest BCUT2D eigenvalue weighted by atomic mass is 10.3. The maximum Gasteiger partial charge on any atom is 0.350 e. The molecule has 1 atom stereocenters. The molecule has 16 heavy (non-hydrogen) atoms. The number of carbonyl (C=O) groups excluding carboxylic acids is 1. The van der Waals surface area contributed by atoms with Gasteiger partial charge < -0.3 is 13.8 Å². The molecule has 1 aromatic rings. The number of esters is 1. The zero-order valence-electron chi connectivity index (χ0n) is 8.95. The minimum atomic E-state index is -3.62. The molecule has 7 nitrogen and oxygen atoms in total. The fourth-order valence-corrected chi connectivity index (χ4v) is 3.06. The Morgan fingerprint density at radius 2 is 2.06 bits per heavy atom. The molecule has 0 N–H and O–H groups in total. The summed E-state index contributed by atoms with van der Waals surface area (Å²) in [6, 6.07) is 0. The Bertz CT molecular complexity index is 387. The van der Waals surface area contributed by atoms with Gasteiger partial charge in [-0.3, -0.25) is 9.36 Å². The van der Waals surface area contributed by atoms with Gasteiger partial charge in [0.1, 0.15) is 5.69 Å². The highest BCUT2D eigenvalue weighted by molar-refractivity contribution is 7.55. The van der Waals surface area contributed by atoms with Crippen LogP contribution in [-0.2, 0) is 23.1 Å². The Morgan fingerprint density at radius 3 is 2.44 bits per heavy atom. The highest BCUT2D eigenvalue weighted by Gasteiger charge is 2.44. The van der Waals surface area contributed by atoms with E-state index in [9.17, 15) is 9.36 Å². The quantitative estimate of drug-likeness (QED) is 0.585. The maximum atomic E-state index is 12.1. The van der Waals surface area contributed by atoms with E-state index < -0.39 is 19.2 Å². The van der Waals surface area contributed by atoms with Gasteiger partial charge in [-0.15, -0.1) is 5.10 Å². The number of aromatic nitrogens is 2. The monoisotopic (exact) mass is 266 g/mol. The lowest BCUT2D eigenvalue weighted by Gasteiger charge is -2.20. The van der Waals surface area contributed by atoms with Crippen LogP contribution < -0.4 is 0 Å². The van der Waals surface area contributed by atoms with Crippen molar-refractivity contribution in [1.82, 2.24) is 9.59 Å². The molecule has 0 spiro atoms. The number of hydrogen-bond donors (Lipinski definition) is 0. The van der Waals surface area contributed by atoms with E-state index >= 15 is 0 Å². The van der Waals surface area contributed by atoms with Crippen molar-refractivity contribution in [2.45, 2.75) is 5.66 Å². The molecule has 1 rings (SSSR count). The molecule has 0 aromatic carbocycles. The number of carbonyl (C=O) groups is 1. The molecule has 0 amide bonds. The van der Waals surface area contributed by atoms with Gasteiger partial charge in [0.2, 0.25) is 5.66 Å². The highest BCUT2D eigenvalue weighted by Crippen LogP contribution is 2.59. The molecular formula is C7H11N2O5PS. The van der Waals surface area contributed by atoms with E-state index in [1.807, 2.05) is 0 Å². The summed E-state index contributed by atoms with van der Waals surface area (Å²) in [4.78, 5) is 11.6. The standard InChI is InChI=1S/C7H11N2O5PS/c1-12-7(10)6(5-4-16-9-8-5)15(11,13-2)14-3/h4,6H,1-3H3. The molecular weight excluding hydrogens is 255 g/mol. The van der Waals surface area contributed by atoms with Crippen LogP contribution in [0.15, 0.2) is 5.38 Å². The highest BCUT2D eigenvalue weighted by atomic mass is 32.1. The Morgan fingerprint density at radius 1 is 1.44 bits per heavy atom. The molecule has 1 heterocycles. The van der Waals surface area contributed by atoms with Gasteiger partial charge >= 0.3 is 13.6 Å². The molecule has 9 heteroatoms. The Hall–Kier alpha value is -0.820. The summed E-state index contributed by atoms with van der Waals surface area (Å²) in [6.45, 7) is 0. The van der Waals surface area contributed by atoms with Crippen molar-refractivity contribution in [3.8, 4) is 0 Å². The number of nitrogens with zero attached hydrogens (tertiary/aromatic N) is 2. The van der Waals surface area contributed by atoms with Crippen molar-refractivity contribution in [1.29, 1.82) is 0 Å². The van der Waals surface area contributed by atoms with Crippen molar-refractivity contribution < 1.29 is 23.1 Å². The second kappa shape index (κ2) is 5.49. The van der Waals surface area contributed by atoms with Crippen LogP contribution in [-0.4, -0.2) is 36.9 Å². The summed E-state index contributed by atoms with van der Waals surface area (Å²) in [7, 11) is -0.0488. The first-order chi connectivity index (χ1) is 7.59. The summed E-state index contributed by atoms with van der Waals surface area (Å²) in [5.41, 5.74) is -0.991. The van der Waals surface area contributed by atoms with E-state index in [1.165, 1.54) is 26.7 Å². The van der Waals surface area contributed by atoms with Crippen LogP contribution >= 0.6 is 19.1 Å². The molecule has 0 aliphatic carbocycles. The fraction of sp³-hybridized carbons (Fsp3) is 0.571. The van der Waals surface area contributed by atoms with Crippen LogP contribution in [0.25, 0.3) is 0 Å². The molecule has 0 bridgehead atoms. The van der Waals surface area contributed by atoms with E-state index in [0.29, 0.717) is 0 Å². The number of methoxy groups -OCH3 is 1. The second-order valence-corrected chi connectivity index (χ2v) is 5.60. The first-order valence-corrected chi connectivity index (χ1v) is 6.60. The lowest BCUT2D eigenvalue weighted by molar-refractivity contribution is -0.140. The fourth-order valence-electron chi connectivity index (χ4n) is 1.10. The van der Waals surface area contributed by atoms with Gasteiger partial charge in [0.15, 0.2) is 0 Å². The van der Waals surface area contributed by atoms with E-state index in [1.54, 1.807) is 0 Å². The van der Waals surface area contributed by atoms with Gasteiger partial charge in [0.05, 0.1) is 7.11 Å². The van der Waals surface area contributed by atoms with Crippen molar-refractivity contribution in [2.75, 3.05) is 21.3 Å². The smallest absolute Gasteiger partial charge is 0.350 e. The number of ether oxygens (including phenoxy) is 1. The lowest BCUT2D eigenvalue weighted by Crippen LogP contribution is -2.17. The zero-order chi connectivity index (χ0) is 12.2. The van der Waals surface area contributed by atoms with Crippen molar-refractivity contribution >= 4 is 25.1 Å². The number of rotatable bonds is 5. The molecule has 0 aliphatic heterocycles. The third kappa shape index (κ3) is 2.46. The third-order valence-corrected chi connectivity index (χ3v) is 4.56. The summed E-state index contributed by atoms with van der Waals surface area (Å²) < 4.78 is 29.8. The minimum absolute atomic E-state index is 0.212. The van der Waals surface area contributed by atoms with Gasteiger partial charge in [0.25, 0.3) is 0 Å². The minimum Gasteiger partial charge on any atom is -0.468 e. The van der Waals surface area contributed by atoms with Crippen LogP contribution in [0, 0.1) is 0 Å². The molecule has 90 valence electrons. The predicted molar refractivity (Wildman–Crippen MR) is 56.3 cm³/mol. The SMILES string of the molecule is COC(=O)C(c1csnn1)P(=O)(OC)OC. The Kier molecular flexibility index (Phi) is 4.55. The van der Waals surface area contributed by atoms with Gasteiger partial charge in [-0.2, -0.15) is 0 Å². The average Bonchev–Trinajstić information content (AvgIpc) is 2.82. The molecule has 0 saturated heterocycles. The first-order valence-electron chi connectivity index (χ1n) is 4.15. The van der Waals surface area contributed by atoms with Crippen LogP contribution in [0.4, 0.5) is 0 Å². The molecule has 0 aliphatic rings. The predicted octanol–water partition coefficient (Wildman–Crippen LogP) is 1.24. The molecule has 0 radical (unpaired) electrons. The van der Waals surface area contributed by atoms with Crippen LogP contribution in [0.5, 0.6) is 0 Å². The van der Waals surface area contributed by atoms with Crippen molar-refractivity contribution in [3.63, 3.8) is 0 Å². The first kappa shape index (κ1) is 13.2. The molecule has 0 saturated carbocycles. The molecule has 1 unspecified atom stereocenters. The van der Waals surface area contributed by atoms with Crippen molar-refractivity contribution in [3.05, 3.63) is 11.1 Å². The Balaban J connectivity index is 3.16. The third-order valence-electron chi connectivity index (χ3n) is 1.91. The van der Waals surface area contributed by atoms with Gasteiger partial charge in [-0.05, 0) is 11.5 Å². The van der Waals surface area contributed by atoms with E-state index in [4.69, 9.17) is 9.05 Å². The number of hydrogen-bond acceptors (Lipinski definition) is 8. The topological polar surface area (TPSA) is 87.6 Å². The maximum absolute atomic E-state index is 12.1. The van der Waals surface area contributed by atoms with E-state index in [0.717, 1.165) is 11.5 Å². The van der Waals surface area contributed by atoms with Crippen molar-refractivity contribution in [2.24, 2.45) is 0 Å². The van der Waals surface area contributed by atoms with Crippen LogP contribution in [0.1, 0.15) is 11.4 Å². The van der Waals surface area contributed by atoms with Gasteiger partial charge in [0, 0.05) is 19.6 Å². The van der Waals surface area contributed by atoms with Gasteiger partial charge in [-0.1, -0.05) is 4.49 Å². The second-order valence-electron chi connectivity index (χ2n) is 2.66. The van der Waals surface area contributed by atoms with Crippen LogP contribution in [0.3, 0.4) is 0 Å².